The highest BCUT2D eigenvalue weighted by Gasteiger charge is 2.03. The lowest BCUT2D eigenvalue weighted by atomic mass is 10.2. The number of isocyanates is 1. The van der Waals surface area contributed by atoms with Crippen LogP contribution in [0.3, 0.4) is 0 Å². The molecule has 0 radical (unpaired) electrons. The van der Waals surface area contributed by atoms with Crippen LogP contribution >= 0.6 is 11.6 Å². The number of hydrogen-bond donors (Lipinski definition) is 1. The number of carbonyl (C=O) groups is 1. The van der Waals surface area contributed by atoms with Gasteiger partial charge in [0.05, 0.1) is 5.69 Å². The largest absolute Gasteiger partial charge is 0.324 e. The molecule has 0 saturated heterocycles. The SMILES string of the molecule is CC(=O)Nc1ccc(Cl)cc1N=C=O. The summed E-state index contributed by atoms with van der Waals surface area (Å²) in [6.07, 6.45) is 1.39. The second-order valence-corrected chi connectivity index (χ2v) is 2.98. The van der Waals surface area contributed by atoms with E-state index >= 15 is 0 Å². The van der Waals surface area contributed by atoms with Gasteiger partial charge in [-0.3, -0.25) is 4.79 Å². The van der Waals surface area contributed by atoms with Gasteiger partial charge in [-0.1, -0.05) is 11.6 Å². The van der Waals surface area contributed by atoms with Crippen LogP contribution in [0.15, 0.2) is 23.2 Å². The molecule has 0 aliphatic heterocycles. The van der Waals surface area contributed by atoms with E-state index in [0.717, 1.165) is 0 Å². The third-order valence-electron chi connectivity index (χ3n) is 1.44. The molecule has 5 heteroatoms. The van der Waals surface area contributed by atoms with Crippen molar-refractivity contribution in [3.05, 3.63) is 23.2 Å². The third kappa shape index (κ3) is 2.69. The minimum absolute atomic E-state index is 0.241. The first-order chi connectivity index (χ1) is 6.63. The Morgan fingerprint density at radius 1 is 1.57 bits per heavy atom. The molecule has 14 heavy (non-hydrogen) atoms. The second kappa shape index (κ2) is 4.56. The molecular formula is C9H7ClN2O2. The topological polar surface area (TPSA) is 58.5 Å². The van der Waals surface area contributed by atoms with Crippen LogP contribution in [0.4, 0.5) is 11.4 Å². The minimum Gasteiger partial charge on any atom is -0.324 e. The lowest BCUT2D eigenvalue weighted by molar-refractivity contribution is -0.114. The Balaban J connectivity index is 3.14. The van der Waals surface area contributed by atoms with Crippen LogP contribution < -0.4 is 5.32 Å². The molecule has 72 valence electrons. The molecule has 1 aromatic carbocycles. The van der Waals surface area contributed by atoms with Crippen LogP contribution in [0, 0.1) is 0 Å². The van der Waals surface area contributed by atoms with Crippen LogP contribution in [0.2, 0.25) is 5.02 Å². The van der Waals surface area contributed by atoms with Crippen molar-refractivity contribution in [2.45, 2.75) is 6.92 Å². The number of nitrogens with zero attached hydrogens (tertiary/aromatic N) is 1. The summed E-state index contributed by atoms with van der Waals surface area (Å²) < 4.78 is 0. The molecule has 0 spiro atoms. The summed E-state index contributed by atoms with van der Waals surface area (Å²) in [6.45, 7) is 1.36. The molecular weight excluding hydrogens is 204 g/mol. The number of benzene rings is 1. The van der Waals surface area contributed by atoms with Gasteiger partial charge in [0.1, 0.15) is 5.69 Å². The Hall–Kier alpha value is -1.64. The maximum Gasteiger partial charge on any atom is 0.240 e. The van der Waals surface area contributed by atoms with Gasteiger partial charge in [-0.15, -0.1) is 0 Å². The minimum atomic E-state index is -0.241. The van der Waals surface area contributed by atoms with Crippen molar-refractivity contribution in [2.75, 3.05) is 5.32 Å². The first-order valence-electron chi connectivity index (χ1n) is 3.78. The van der Waals surface area contributed by atoms with Gasteiger partial charge >= 0.3 is 0 Å². The lowest BCUT2D eigenvalue weighted by Crippen LogP contribution is -2.05. The number of carbonyl (C=O) groups excluding carboxylic acids is 2. The zero-order valence-electron chi connectivity index (χ0n) is 7.37. The third-order valence-corrected chi connectivity index (χ3v) is 1.67. The average Bonchev–Trinajstić information content (AvgIpc) is 2.09. The second-order valence-electron chi connectivity index (χ2n) is 2.55. The van der Waals surface area contributed by atoms with E-state index in [2.05, 4.69) is 10.3 Å². The number of aliphatic imine (C=N–C) groups is 1. The lowest BCUT2D eigenvalue weighted by Gasteiger charge is -2.04. The predicted octanol–water partition coefficient (Wildman–Crippen LogP) is 2.27. The summed E-state index contributed by atoms with van der Waals surface area (Å²) in [5, 5.41) is 2.95. The Kier molecular flexibility index (Phi) is 3.40. The Labute approximate surface area is 85.6 Å². The molecule has 1 N–H and O–H groups in total. The fourth-order valence-electron chi connectivity index (χ4n) is 0.942. The van der Waals surface area contributed by atoms with Gasteiger partial charge in [0.25, 0.3) is 0 Å². The summed E-state index contributed by atoms with van der Waals surface area (Å²) in [6, 6.07) is 4.63. The molecule has 0 saturated carbocycles. The predicted molar refractivity (Wildman–Crippen MR) is 53.5 cm³/mol. The van der Waals surface area contributed by atoms with Gasteiger partial charge in [-0.2, -0.15) is 4.99 Å². The standard InChI is InChI=1S/C9H7ClN2O2/c1-6(14)12-8-3-2-7(10)4-9(8)11-5-13/h2-4H,1H3,(H,12,14). The van der Waals surface area contributed by atoms with Crippen molar-refractivity contribution in [3.8, 4) is 0 Å². The molecule has 1 amide bonds. The molecule has 0 fully saturated rings. The summed E-state index contributed by atoms with van der Waals surface area (Å²) in [5.74, 6) is -0.241. The molecule has 0 unspecified atom stereocenters. The zero-order valence-corrected chi connectivity index (χ0v) is 8.13. The molecule has 0 aliphatic rings. The average molecular weight is 211 g/mol. The summed E-state index contributed by atoms with van der Waals surface area (Å²) in [4.78, 5) is 24.3. The van der Waals surface area contributed by atoms with E-state index in [1.807, 2.05) is 0 Å². The number of anilines is 1. The normalized spacial score (nSPS) is 9.00. The van der Waals surface area contributed by atoms with Crippen LogP contribution in [-0.4, -0.2) is 12.0 Å². The fourth-order valence-corrected chi connectivity index (χ4v) is 1.11. The molecule has 0 bridgehead atoms. The van der Waals surface area contributed by atoms with Gasteiger partial charge in [-0.25, -0.2) is 4.79 Å². The van der Waals surface area contributed by atoms with Crippen molar-refractivity contribution in [3.63, 3.8) is 0 Å². The highest BCUT2D eigenvalue weighted by molar-refractivity contribution is 6.31. The van der Waals surface area contributed by atoms with E-state index in [0.29, 0.717) is 16.4 Å². The Morgan fingerprint density at radius 3 is 2.86 bits per heavy atom. The van der Waals surface area contributed by atoms with E-state index < -0.39 is 0 Å². The first kappa shape index (κ1) is 10.4. The molecule has 1 rings (SSSR count). The zero-order chi connectivity index (χ0) is 10.6. The molecule has 4 nitrogen and oxygen atoms in total. The highest BCUT2D eigenvalue weighted by Crippen LogP contribution is 2.27. The van der Waals surface area contributed by atoms with Crippen molar-refractivity contribution in [2.24, 2.45) is 4.99 Å². The molecule has 0 aromatic heterocycles. The van der Waals surface area contributed by atoms with Crippen LogP contribution in [0.25, 0.3) is 0 Å². The molecule has 1 aromatic rings. The monoisotopic (exact) mass is 210 g/mol. The van der Waals surface area contributed by atoms with Crippen molar-refractivity contribution in [1.29, 1.82) is 0 Å². The molecule has 0 atom stereocenters. The number of hydrogen-bond acceptors (Lipinski definition) is 3. The maximum atomic E-state index is 10.8. The quantitative estimate of drug-likeness (QED) is 0.601. The van der Waals surface area contributed by atoms with Gasteiger partial charge in [-0.05, 0) is 18.2 Å². The van der Waals surface area contributed by atoms with Crippen molar-refractivity contribution in [1.82, 2.24) is 0 Å². The van der Waals surface area contributed by atoms with E-state index in [4.69, 9.17) is 11.6 Å². The van der Waals surface area contributed by atoms with E-state index in [9.17, 15) is 9.59 Å². The maximum absolute atomic E-state index is 10.8. The smallest absolute Gasteiger partial charge is 0.240 e. The Bertz CT molecular complexity index is 411. The van der Waals surface area contributed by atoms with Crippen LogP contribution in [-0.2, 0) is 9.59 Å². The van der Waals surface area contributed by atoms with Gasteiger partial charge in [0.15, 0.2) is 0 Å². The number of rotatable bonds is 2. The van der Waals surface area contributed by atoms with Gasteiger partial charge in [0.2, 0.25) is 12.0 Å². The number of halogens is 1. The highest BCUT2D eigenvalue weighted by atomic mass is 35.5. The molecule has 0 aliphatic carbocycles. The number of nitrogens with one attached hydrogen (secondary N) is 1. The van der Waals surface area contributed by atoms with Gasteiger partial charge in [0, 0.05) is 11.9 Å². The molecule has 0 heterocycles. The fraction of sp³-hybridized carbons (Fsp3) is 0.111. The first-order valence-corrected chi connectivity index (χ1v) is 4.16. The van der Waals surface area contributed by atoms with Crippen molar-refractivity contribution >= 4 is 35.0 Å². The van der Waals surface area contributed by atoms with E-state index in [1.54, 1.807) is 12.1 Å². The van der Waals surface area contributed by atoms with Gasteiger partial charge < -0.3 is 5.32 Å². The Morgan fingerprint density at radius 2 is 2.29 bits per heavy atom. The van der Waals surface area contributed by atoms with Crippen LogP contribution in [0.1, 0.15) is 6.92 Å². The van der Waals surface area contributed by atoms with Crippen LogP contribution in [0.5, 0.6) is 0 Å². The summed E-state index contributed by atoms with van der Waals surface area (Å²) in [7, 11) is 0. The number of amides is 1. The summed E-state index contributed by atoms with van der Waals surface area (Å²) >= 11 is 5.69. The summed E-state index contributed by atoms with van der Waals surface area (Å²) in [5.41, 5.74) is 0.730. The van der Waals surface area contributed by atoms with Crippen molar-refractivity contribution < 1.29 is 9.59 Å². The van der Waals surface area contributed by atoms with E-state index in [1.165, 1.54) is 19.1 Å². The van der Waals surface area contributed by atoms with E-state index in [-0.39, 0.29) is 5.91 Å².